The third kappa shape index (κ3) is 6.97. The minimum Gasteiger partial charge on any atom is -0.304 e. The molecule has 2 radical (unpaired) electrons. The molecule has 222 valence electrons. The fraction of sp³-hybridized carbons (Fsp3) is 0.143. The largest absolute Gasteiger partial charge is 0.304 e. The van der Waals surface area contributed by atoms with Crippen LogP contribution in [0, 0.1) is 24.9 Å². The molecule has 0 aliphatic rings. The van der Waals surface area contributed by atoms with Crippen molar-refractivity contribution < 1.29 is 63.7 Å². The summed E-state index contributed by atoms with van der Waals surface area (Å²) in [6, 6.07) is 36.2. The topological polar surface area (TPSA) is 25.8 Å². The molecule has 0 N–H and O–H groups in total. The number of hydrogen-bond acceptors (Lipinski definition) is 2. The van der Waals surface area contributed by atoms with Gasteiger partial charge >= 0.3 is 0 Å². The molecule has 5 heteroatoms. The second kappa shape index (κ2) is 13.5. The minimum atomic E-state index is -0.237. The first-order valence-corrected chi connectivity index (χ1v) is 12.7. The summed E-state index contributed by atoms with van der Waals surface area (Å²) in [5, 5.41) is 4.57. The zero-order chi connectivity index (χ0) is 36.7. The maximum Gasteiger partial charge on any atom is 0.0408 e. The van der Waals surface area contributed by atoms with Crippen LogP contribution in [0.3, 0.4) is 0 Å². The van der Waals surface area contributed by atoms with Crippen molar-refractivity contribution in [1.82, 2.24) is 9.97 Å². The summed E-state index contributed by atoms with van der Waals surface area (Å²) in [5.74, 6) is -0.237. The summed E-state index contributed by atoms with van der Waals surface area (Å²) >= 11 is 0. The van der Waals surface area contributed by atoms with Gasteiger partial charge in [0.15, 0.2) is 0 Å². The first-order valence-electron chi connectivity index (χ1n) is 17.7. The van der Waals surface area contributed by atoms with E-state index < -0.39 is 0 Å². The van der Waals surface area contributed by atoms with Crippen LogP contribution in [-0.4, -0.2) is 9.97 Å². The smallest absolute Gasteiger partial charge is 0.0408 e. The van der Waals surface area contributed by atoms with E-state index >= 15 is 0 Å². The summed E-state index contributed by atoms with van der Waals surface area (Å²) in [5.41, 5.74) is 5.78. The zero-order valence-electron chi connectivity index (χ0n) is 32.8. The zero-order valence-corrected chi connectivity index (χ0v) is 27.5. The molecule has 0 bridgehead atoms. The quantitative estimate of drug-likeness (QED) is 0.162. The fourth-order valence-electron chi connectivity index (χ4n) is 4.43. The summed E-state index contributed by atoms with van der Waals surface area (Å²) in [4.78, 5) is 8.93. The number of halogens is 1. The molecule has 0 saturated heterocycles. The monoisotopic (exact) mass is 911 g/mol. The van der Waals surface area contributed by atoms with Gasteiger partial charge in [0.1, 0.15) is 0 Å². The van der Waals surface area contributed by atoms with Gasteiger partial charge in [0, 0.05) is 77.5 Å². The van der Waals surface area contributed by atoms with Gasteiger partial charge in [0.25, 0.3) is 0 Å². The molecule has 0 saturated carbocycles. The van der Waals surface area contributed by atoms with E-state index in [4.69, 9.17) is 14.8 Å². The van der Waals surface area contributed by atoms with Crippen LogP contribution in [0.4, 0.5) is 4.39 Å². The van der Waals surface area contributed by atoms with E-state index in [1.807, 2.05) is 42.6 Å². The maximum atomic E-state index is 13.3. The van der Waals surface area contributed by atoms with Gasteiger partial charge in [0.05, 0.1) is 0 Å². The number of benzene rings is 4. The first kappa shape index (κ1) is 24.7. The van der Waals surface area contributed by atoms with Crippen molar-refractivity contribution in [2.75, 3.05) is 0 Å². The van der Waals surface area contributed by atoms with Crippen LogP contribution in [-0.2, 0) is 45.6 Å². The Labute approximate surface area is 282 Å². The summed E-state index contributed by atoms with van der Waals surface area (Å²) < 4.78 is 63.3. The summed E-state index contributed by atoms with van der Waals surface area (Å²) in [6.45, 7) is 8.39. The van der Waals surface area contributed by atoms with E-state index in [0.29, 0.717) is 5.56 Å². The Morgan fingerprint density at radius 1 is 0.700 bits per heavy atom. The van der Waals surface area contributed by atoms with Gasteiger partial charge in [-0.2, -0.15) is 0 Å². The Balaban J connectivity index is -0.000000157. The Bertz CT molecular complexity index is 1760. The van der Waals surface area contributed by atoms with Crippen molar-refractivity contribution in [3.63, 3.8) is 0 Å². The Morgan fingerprint density at radius 2 is 1.23 bits per heavy atom. The number of pyridine rings is 2. The van der Waals surface area contributed by atoms with Crippen molar-refractivity contribution >= 4 is 21.5 Å². The summed E-state index contributed by atoms with van der Waals surface area (Å²) in [7, 11) is 0. The predicted molar refractivity (Wildman–Crippen MR) is 172 cm³/mol. The third-order valence-electron chi connectivity index (χ3n) is 6.63. The Morgan fingerprint density at radius 3 is 1.73 bits per heavy atom. The molecule has 0 spiro atoms. The fourth-order valence-corrected chi connectivity index (χ4v) is 4.43. The molecule has 4 aromatic carbocycles. The molecular weight excluding hydrogens is 852 g/mol. The molecule has 2 nitrogen and oxygen atoms in total. The number of aryl methyl sites for hydroxylation is 1. The van der Waals surface area contributed by atoms with E-state index in [1.54, 1.807) is 19.2 Å². The van der Waals surface area contributed by atoms with Crippen LogP contribution in [0.2, 0.25) is 0 Å². The molecule has 0 atom stereocenters. The van der Waals surface area contributed by atoms with Crippen LogP contribution < -0.4 is 0 Å². The molecule has 6 rings (SSSR count). The van der Waals surface area contributed by atoms with Crippen molar-refractivity contribution in [2.45, 2.75) is 33.1 Å². The Kier molecular flexibility index (Phi) is 8.35. The van der Waals surface area contributed by atoms with Crippen molar-refractivity contribution in [3.05, 3.63) is 132 Å². The average molecular weight is 910 g/mol. The van der Waals surface area contributed by atoms with Crippen LogP contribution in [0.5, 0.6) is 0 Å². The molecular formula is C35H45FIr2N2-2. The van der Waals surface area contributed by atoms with Crippen LogP contribution in [0.25, 0.3) is 44.1 Å². The van der Waals surface area contributed by atoms with Crippen LogP contribution in [0.15, 0.2) is 103 Å². The van der Waals surface area contributed by atoms with E-state index in [9.17, 15) is 4.39 Å². The molecule has 0 fully saturated rings. The SMILES string of the molecule is CC(C)(C)c1c[c-]c(-c2nccc3ccccc23)cc1.Cc1cc(-c2nccc3ccccc23)[c-]cc1F.[2HH].[2HH].[2HH].[2H][2H].[2H][2H].[2H][2H].[2H][2H].[2H][2H].[Ir].[Ir]. The van der Waals surface area contributed by atoms with Crippen LogP contribution in [0.1, 0.15) is 51.0 Å². The molecule has 40 heavy (non-hydrogen) atoms. The van der Waals surface area contributed by atoms with Crippen LogP contribution >= 0.6 is 0 Å². The van der Waals surface area contributed by atoms with Gasteiger partial charge in [-0.25, -0.2) is 0 Å². The van der Waals surface area contributed by atoms with Gasteiger partial charge in [0.2, 0.25) is 0 Å². The maximum absolute atomic E-state index is 13.3. The number of hydrogen-bond donors (Lipinski definition) is 0. The first-order chi connectivity index (χ1) is 23.3. The molecule has 0 amide bonds. The number of aromatic nitrogens is 2. The Hall–Kier alpha value is -3.07. The van der Waals surface area contributed by atoms with E-state index in [0.717, 1.165) is 33.3 Å². The molecule has 0 unspecified atom stereocenters. The van der Waals surface area contributed by atoms with Gasteiger partial charge < -0.3 is 9.97 Å². The second-order valence-corrected chi connectivity index (χ2v) is 10.4. The number of nitrogens with zero attached hydrogens (tertiary/aromatic N) is 2. The standard InChI is InChI=1S/C19H18N.C16H11FN.2Ir.8H2/c1-19(2,3)16-10-8-15(9-11-16)18-17-7-5-4-6-14(17)12-13-20-18;1-11-10-13(6-7-15(11)17)16-14-5-3-2-4-12(14)8-9-18-16;;;;;;;;;;/h4-8,10-13H,1-3H3;2-5,7-10H,1H3;;;8*1H/q2*-1;;;;;;;;;;/i;;;;5*1+1D;3*1+1. The van der Waals surface area contributed by atoms with Gasteiger partial charge in [-0.3, -0.25) is 4.39 Å². The predicted octanol–water partition coefficient (Wildman–Crippen LogP) is 11.1. The molecule has 2 aromatic heterocycles. The van der Waals surface area contributed by atoms with Crippen molar-refractivity contribution in [1.29, 1.82) is 0 Å². The minimum absolute atomic E-state index is 0. The third-order valence-corrected chi connectivity index (χ3v) is 6.63. The molecule has 6 aromatic rings. The average Bonchev–Trinajstić information content (AvgIpc) is 3.16. The summed E-state index contributed by atoms with van der Waals surface area (Å²) in [6.07, 6.45) is 3.63. The van der Waals surface area contributed by atoms with Crippen molar-refractivity contribution in [2.24, 2.45) is 0 Å². The van der Waals surface area contributed by atoms with Gasteiger partial charge in [-0.1, -0.05) is 81.8 Å². The van der Waals surface area contributed by atoms with E-state index in [-0.39, 0.29) is 55.7 Å². The normalized spacial score (nSPS) is 11.7. The van der Waals surface area contributed by atoms with E-state index in [2.05, 4.69) is 85.3 Å². The second-order valence-electron chi connectivity index (χ2n) is 10.4. The van der Waals surface area contributed by atoms with E-state index in [1.165, 1.54) is 22.4 Å². The molecule has 0 aliphatic heterocycles. The molecule has 0 aliphatic carbocycles. The van der Waals surface area contributed by atoms with Gasteiger partial charge in [-0.15, -0.1) is 59.2 Å². The van der Waals surface area contributed by atoms with Gasteiger partial charge in [-0.05, 0) is 50.5 Å². The van der Waals surface area contributed by atoms with Crippen molar-refractivity contribution in [3.8, 4) is 22.5 Å². The number of rotatable bonds is 2. The number of fused-ring (bicyclic) bond motifs is 2. The molecule has 2 heterocycles.